The molecule has 1 rings (SSSR count). The van der Waals surface area contributed by atoms with Gasteiger partial charge < -0.3 is 9.47 Å². The van der Waals surface area contributed by atoms with Gasteiger partial charge in [0, 0.05) is 0 Å². The lowest BCUT2D eigenvalue weighted by Gasteiger charge is -2.14. The van der Waals surface area contributed by atoms with Crippen LogP contribution in [0.4, 0.5) is 5.69 Å². The van der Waals surface area contributed by atoms with E-state index in [4.69, 9.17) is 4.74 Å². The zero-order valence-corrected chi connectivity index (χ0v) is 12.3. The number of rotatable bonds is 5. The van der Waals surface area contributed by atoms with Gasteiger partial charge in [0.1, 0.15) is 5.75 Å². The fourth-order valence-electron chi connectivity index (χ4n) is 1.65. The maximum atomic E-state index is 11.1. The third-order valence-corrected chi connectivity index (χ3v) is 2.78. The molecule has 102 valence electrons. The van der Waals surface area contributed by atoms with E-state index in [0.29, 0.717) is 5.75 Å². The van der Waals surface area contributed by atoms with Gasteiger partial charge in [0.05, 0.1) is 18.0 Å². The minimum absolute atomic E-state index is 0.106. The van der Waals surface area contributed by atoms with Crippen LogP contribution in [0, 0.1) is 6.92 Å². The smallest absolute Gasteiger partial charge is 0.343 e. The van der Waals surface area contributed by atoms with Gasteiger partial charge in [-0.05, 0) is 48.3 Å². The third kappa shape index (κ3) is 4.16. The number of carbonyl (C=O) groups is 1. The van der Waals surface area contributed by atoms with E-state index in [1.807, 2.05) is 19.1 Å². The molecule has 0 aliphatic heterocycles. The number of hydrogen-bond acceptors (Lipinski definition) is 5. The van der Waals surface area contributed by atoms with Crippen molar-refractivity contribution < 1.29 is 14.3 Å². The Hall–Kier alpha value is -1.71. The van der Waals surface area contributed by atoms with Crippen molar-refractivity contribution in [2.75, 3.05) is 13.7 Å². The summed E-state index contributed by atoms with van der Waals surface area (Å²) in [6.45, 7) is 5.89. The van der Waals surface area contributed by atoms with Gasteiger partial charge in [-0.2, -0.15) is 4.99 Å². The highest BCUT2D eigenvalue weighted by Crippen LogP contribution is 2.33. The Kier molecular flexibility index (Phi) is 5.67. The number of aliphatic imine (C=N–C) groups is 1. The number of thiocarbonyl (C=S) groups is 1. The fraction of sp³-hybridized carbons (Fsp3) is 0.429. The van der Waals surface area contributed by atoms with Crippen LogP contribution in [0.1, 0.15) is 30.9 Å². The minimum Gasteiger partial charge on any atom is -0.482 e. The topological polar surface area (TPSA) is 47.9 Å². The summed E-state index contributed by atoms with van der Waals surface area (Å²) in [5.74, 6) is 0.507. The Bertz CT molecular complexity index is 520. The second kappa shape index (κ2) is 7.02. The molecule has 0 unspecified atom stereocenters. The van der Waals surface area contributed by atoms with E-state index in [9.17, 15) is 4.79 Å². The molecule has 0 amide bonds. The molecule has 0 aliphatic carbocycles. The Labute approximate surface area is 118 Å². The van der Waals surface area contributed by atoms with Gasteiger partial charge in [-0.3, -0.25) is 0 Å². The summed E-state index contributed by atoms with van der Waals surface area (Å²) in [6.07, 6.45) is 0. The quantitative estimate of drug-likeness (QED) is 0.471. The molecule has 5 heteroatoms. The first-order valence-corrected chi connectivity index (χ1v) is 6.32. The molecular weight excluding hydrogens is 262 g/mol. The van der Waals surface area contributed by atoms with Crippen LogP contribution in [-0.2, 0) is 9.53 Å². The normalized spacial score (nSPS) is 9.95. The van der Waals surface area contributed by atoms with Crippen molar-refractivity contribution in [1.82, 2.24) is 0 Å². The van der Waals surface area contributed by atoms with Crippen molar-refractivity contribution in [3.63, 3.8) is 0 Å². The molecule has 0 N–H and O–H groups in total. The molecule has 0 radical (unpaired) electrons. The van der Waals surface area contributed by atoms with Crippen LogP contribution in [0.15, 0.2) is 17.1 Å². The van der Waals surface area contributed by atoms with Crippen molar-refractivity contribution >= 4 is 29.0 Å². The number of ether oxygens (including phenoxy) is 2. The van der Waals surface area contributed by atoms with Crippen LogP contribution in [0.3, 0.4) is 0 Å². The van der Waals surface area contributed by atoms with Gasteiger partial charge in [-0.1, -0.05) is 13.8 Å². The second-order valence-electron chi connectivity index (χ2n) is 4.40. The summed E-state index contributed by atoms with van der Waals surface area (Å²) >= 11 is 4.65. The van der Waals surface area contributed by atoms with E-state index < -0.39 is 5.97 Å². The van der Waals surface area contributed by atoms with Crippen molar-refractivity contribution in [2.45, 2.75) is 26.7 Å². The van der Waals surface area contributed by atoms with Crippen LogP contribution < -0.4 is 4.74 Å². The fourth-order valence-corrected chi connectivity index (χ4v) is 1.75. The number of hydrogen-bond donors (Lipinski definition) is 0. The first-order valence-electron chi connectivity index (χ1n) is 5.91. The third-order valence-electron chi connectivity index (χ3n) is 2.69. The van der Waals surface area contributed by atoms with Crippen LogP contribution in [-0.4, -0.2) is 24.8 Å². The van der Waals surface area contributed by atoms with Crippen LogP contribution in [0.2, 0.25) is 0 Å². The van der Waals surface area contributed by atoms with E-state index >= 15 is 0 Å². The monoisotopic (exact) mass is 279 g/mol. The van der Waals surface area contributed by atoms with Crippen molar-refractivity contribution in [2.24, 2.45) is 4.99 Å². The molecule has 0 aromatic heterocycles. The summed E-state index contributed by atoms with van der Waals surface area (Å²) < 4.78 is 10.00. The Balaban J connectivity index is 3.10. The molecule has 0 fully saturated rings. The first kappa shape index (κ1) is 15.3. The molecule has 1 aromatic carbocycles. The first-order chi connectivity index (χ1) is 8.99. The SMILES string of the molecule is COC(=O)COc1cc(C(C)C)c(N=C=S)cc1C. The predicted octanol–water partition coefficient (Wildman–Crippen LogP) is 3.40. The van der Waals surface area contributed by atoms with E-state index in [0.717, 1.165) is 16.8 Å². The van der Waals surface area contributed by atoms with Crippen LogP contribution in [0.25, 0.3) is 0 Å². The van der Waals surface area contributed by atoms with Gasteiger partial charge in [-0.15, -0.1) is 0 Å². The van der Waals surface area contributed by atoms with Gasteiger partial charge in [0.15, 0.2) is 6.61 Å². The van der Waals surface area contributed by atoms with Gasteiger partial charge >= 0.3 is 5.97 Å². The molecule has 4 nitrogen and oxygen atoms in total. The second-order valence-corrected chi connectivity index (χ2v) is 4.58. The highest BCUT2D eigenvalue weighted by atomic mass is 32.1. The highest BCUT2D eigenvalue weighted by Gasteiger charge is 2.12. The van der Waals surface area contributed by atoms with E-state index in [1.165, 1.54) is 7.11 Å². The molecular formula is C14H17NO3S. The number of aryl methyl sites for hydroxylation is 1. The minimum atomic E-state index is -0.411. The van der Waals surface area contributed by atoms with E-state index in [1.54, 1.807) is 0 Å². The molecule has 19 heavy (non-hydrogen) atoms. The summed E-state index contributed by atoms with van der Waals surface area (Å²) in [4.78, 5) is 15.2. The zero-order valence-electron chi connectivity index (χ0n) is 11.5. The van der Waals surface area contributed by atoms with Crippen molar-refractivity contribution in [3.05, 3.63) is 23.3 Å². The Morgan fingerprint density at radius 1 is 1.47 bits per heavy atom. The number of isothiocyanates is 1. The molecule has 1 aromatic rings. The molecule has 0 bridgehead atoms. The number of carbonyl (C=O) groups excluding carboxylic acids is 1. The summed E-state index contributed by atoms with van der Waals surface area (Å²) in [7, 11) is 1.33. The van der Waals surface area contributed by atoms with E-state index in [2.05, 4.69) is 41.0 Å². The summed E-state index contributed by atoms with van der Waals surface area (Å²) in [5.41, 5.74) is 2.67. The molecule has 0 saturated heterocycles. The Morgan fingerprint density at radius 3 is 2.68 bits per heavy atom. The van der Waals surface area contributed by atoms with Crippen molar-refractivity contribution in [1.29, 1.82) is 0 Å². The summed E-state index contributed by atoms with van der Waals surface area (Å²) in [5, 5.41) is 2.38. The molecule has 0 atom stereocenters. The molecule has 0 heterocycles. The number of esters is 1. The lowest BCUT2D eigenvalue weighted by molar-refractivity contribution is -0.142. The lowest BCUT2D eigenvalue weighted by Crippen LogP contribution is -2.13. The van der Waals surface area contributed by atoms with Gasteiger partial charge in [0.25, 0.3) is 0 Å². The Morgan fingerprint density at radius 2 is 2.16 bits per heavy atom. The largest absolute Gasteiger partial charge is 0.482 e. The molecule has 0 spiro atoms. The average Bonchev–Trinajstić information content (AvgIpc) is 2.37. The van der Waals surface area contributed by atoms with Gasteiger partial charge in [-0.25, -0.2) is 4.79 Å². The predicted molar refractivity (Wildman–Crippen MR) is 77.5 cm³/mol. The lowest BCUT2D eigenvalue weighted by atomic mass is 9.99. The van der Waals surface area contributed by atoms with E-state index in [-0.39, 0.29) is 12.5 Å². The number of benzene rings is 1. The average molecular weight is 279 g/mol. The highest BCUT2D eigenvalue weighted by molar-refractivity contribution is 7.78. The molecule has 0 aliphatic rings. The number of nitrogens with zero attached hydrogens (tertiary/aromatic N) is 1. The van der Waals surface area contributed by atoms with Gasteiger partial charge in [0.2, 0.25) is 0 Å². The standard InChI is InChI=1S/C14H17NO3S/c1-9(2)11-6-13(18-7-14(16)17-4)10(3)5-12(11)15-8-19/h5-6,9H,7H2,1-4H3. The van der Waals surface area contributed by atoms with Crippen LogP contribution >= 0.6 is 12.2 Å². The molecule has 0 saturated carbocycles. The maximum absolute atomic E-state index is 11.1. The maximum Gasteiger partial charge on any atom is 0.343 e. The van der Waals surface area contributed by atoms with Crippen molar-refractivity contribution in [3.8, 4) is 5.75 Å². The summed E-state index contributed by atoms with van der Waals surface area (Å²) in [6, 6.07) is 3.76. The number of methoxy groups -OCH3 is 1. The van der Waals surface area contributed by atoms with Crippen LogP contribution in [0.5, 0.6) is 5.75 Å². The zero-order chi connectivity index (χ0) is 14.4.